The molecule has 0 aliphatic rings. The summed E-state index contributed by atoms with van der Waals surface area (Å²) in [4.78, 5) is 3.96. The monoisotopic (exact) mass is 213 g/mol. The van der Waals surface area contributed by atoms with E-state index >= 15 is 0 Å². The molecule has 0 bridgehead atoms. The van der Waals surface area contributed by atoms with Crippen molar-refractivity contribution in [3.63, 3.8) is 0 Å². The summed E-state index contributed by atoms with van der Waals surface area (Å²) in [6.45, 7) is 4.17. The number of benzene rings is 1. The molecule has 3 N–H and O–H groups in total. The highest BCUT2D eigenvalue weighted by Crippen LogP contribution is 2.21. The SMILES string of the molecule is Cc1ccc(Nc2ccnc(N)c2)c(C)c1. The van der Waals surface area contributed by atoms with Crippen LogP contribution in [0, 0.1) is 13.8 Å². The third-order valence-electron chi connectivity index (χ3n) is 2.44. The maximum absolute atomic E-state index is 5.62. The van der Waals surface area contributed by atoms with E-state index in [1.54, 1.807) is 6.20 Å². The lowest BCUT2D eigenvalue weighted by atomic mass is 10.1. The van der Waals surface area contributed by atoms with Crippen LogP contribution >= 0.6 is 0 Å². The van der Waals surface area contributed by atoms with Crippen LogP contribution in [0.15, 0.2) is 36.5 Å². The molecule has 0 amide bonds. The first-order chi connectivity index (χ1) is 7.65. The molecule has 0 radical (unpaired) electrons. The number of nitrogens with two attached hydrogens (primary N) is 1. The van der Waals surface area contributed by atoms with Gasteiger partial charge in [-0.25, -0.2) is 4.98 Å². The minimum atomic E-state index is 0.523. The zero-order chi connectivity index (χ0) is 11.5. The number of anilines is 3. The molecule has 2 rings (SSSR count). The molecule has 16 heavy (non-hydrogen) atoms. The van der Waals surface area contributed by atoms with Gasteiger partial charge in [-0.1, -0.05) is 17.7 Å². The lowest BCUT2D eigenvalue weighted by Crippen LogP contribution is -1.96. The fourth-order valence-corrected chi connectivity index (χ4v) is 1.64. The quantitative estimate of drug-likeness (QED) is 0.806. The fourth-order valence-electron chi connectivity index (χ4n) is 1.64. The number of nitrogens with zero attached hydrogens (tertiary/aromatic N) is 1. The highest BCUT2D eigenvalue weighted by Gasteiger charge is 1.99. The molecule has 0 atom stereocenters. The minimum Gasteiger partial charge on any atom is -0.384 e. The van der Waals surface area contributed by atoms with E-state index in [0.29, 0.717) is 5.82 Å². The zero-order valence-electron chi connectivity index (χ0n) is 9.49. The summed E-state index contributed by atoms with van der Waals surface area (Å²) in [7, 11) is 0. The second-order valence-corrected chi connectivity index (χ2v) is 3.91. The van der Waals surface area contributed by atoms with Gasteiger partial charge in [0.15, 0.2) is 0 Å². The van der Waals surface area contributed by atoms with Gasteiger partial charge >= 0.3 is 0 Å². The van der Waals surface area contributed by atoms with Gasteiger partial charge in [-0.15, -0.1) is 0 Å². The summed E-state index contributed by atoms with van der Waals surface area (Å²) in [5.41, 5.74) is 10.2. The second kappa shape index (κ2) is 4.23. The van der Waals surface area contributed by atoms with E-state index in [1.807, 2.05) is 12.1 Å². The first-order valence-corrected chi connectivity index (χ1v) is 5.21. The van der Waals surface area contributed by atoms with Crippen molar-refractivity contribution in [2.75, 3.05) is 11.1 Å². The molecule has 3 heteroatoms. The van der Waals surface area contributed by atoms with E-state index in [1.165, 1.54) is 11.1 Å². The largest absolute Gasteiger partial charge is 0.384 e. The fraction of sp³-hybridized carbons (Fsp3) is 0.154. The molecular weight excluding hydrogens is 198 g/mol. The van der Waals surface area contributed by atoms with Crippen molar-refractivity contribution in [1.82, 2.24) is 4.98 Å². The summed E-state index contributed by atoms with van der Waals surface area (Å²) in [5.74, 6) is 0.523. The van der Waals surface area contributed by atoms with Crippen LogP contribution in [0.5, 0.6) is 0 Å². The predicted molar refractivity (Wildman–Crippen MR) is 67.8 cm³/mol. The van der Waals surface area contributed by atoms with Gasteiger partial charge in [0.1, 0.15) is 5.82 Å². The Labute approximate surface area is 95.3 Å². The molecule has 0 saturated carbocycles. The lowest BCUT2D eigenvalue weighted by molar-refractivity contribution is 1.32. The molecule has 0 saturated heterocycles. The first-order valence-electron chi connectivity index (χ1n) is 5.21. The Kier molecular flexibility index (Phi) is 2.77. The Morgan fingerprint density at radius 3 is 2.62 bits per heavy atom. The number of hydrogen-bond acceptors (Lipinski definition) is 3. The number of nitrogens with one attached hydrogen (secondary N) is 1. The van der Waals surface area contributed by atoms with Crippen molar-refractivity contribution in [2.45, 2.75) is 13.8 Å². The van der Waals surface area contributed by atoms with E-state index in [4.69, 9.17) is 5.73 Å². The third-order valence-corrected chi connectivity index (χ3v) is 2.44. The van der Waals surface area contributed by atoms with Crippen LogP contribution in [-0.2, 0) is 0 Å². The van der Waals surface area contributed by atoms with Crippen LogP contribution in [0.3, 0.4) is 0 Å². The molecule has 0 fully saturated rings. The average Bonchev–Trinajstić information content (AvgIpc) is 2.22. The molecule has 0 aliphatic heterocycles. The maximum atomic E-state index is 5.62. The van der Waals surface area contributed by atoms with Gasteiger partial charge < -0.3 is 11.1 Å². The summed E-state index contributed by atoms with van der Waals surface area (Å²) in [6.07, 6.45) is 1.70. The molecule has 0 unspecified atom stereocenters. The standard InChI is InChI=1S/C13H15N3/c1-9-3-4-12(10(2)7-9)16-11-5-6-15-13(14)8-11/h3-8H,1-2H3,(H3,14,15,16). The van der Waals surface area contributed by atoms with Crippen LogP contribution in [0.4, 0.5) is 17.2 Å². The van der Waals surface area contributed by atoms with Crippen LogP contribution in [-0.4, -0.2) is 4.98 Å². The summed E-state index contributed by atoms with van der Waals surface area (Å²) in [5, 5.41) is 3.32. The molecule has 1 heterocycles. The predicted octanol–water partition coefficient (Wildman–Crippen LogP) is 3.02. The van der Waals surface area contributed by atoms with Crippen LogP contribution in [0.2, 0.25) is 0 Å². The number of rotatable bonds is 2. The number of aromatic nitrogens is 1. The van der Waals surface area contributed by atoms with Crippen molar-refractivity contribution < 1.29 is 0 Å². The van der Waals surface area contributed by atoms with Crippen LogP contribution in [0.1, 0.15) is 11.1 Å². The van der Waals surface area contributed by atoms with E-state index in [9.17, 15) is 0 Å². The van der Waals surface area contributed by atoms with Gasteiger partial charge in [0, 0.05) is 23.6 Å². The van der Waals surface area contributed by atoms with E-state index in [0.717, 1.165) is 11.4 Å². The smallest absolute Gasteiger partial charge is 0.125 e. The van der Waals surface area contributed by atoms with E-state index in [2.05, 4.69) is 42.3 Å². The minimum absolute atomic E-state index is 0.523. The Morgan fingerprint density at radius 2 is 1.94 bits per heavy atom. The average molecular weight is 213 g/mol. The molecular formula is C13H15N3. The normalized spacial score (nSPS) is 10.1. The zero-order valence-corrected chi connectivity index (χ0v) is 9.49. The van der Waals surface area contributed by atoms with Gasteiger partial charge in [0.25, 0.3) is 0 Å². The van der Waals surface area contributed by atoms with Crippen molar-refractivity contribution in [3.8, 4) is 0 Å². The highest BCUT2D eigenvalue weighted by atomic mass is 14.9. The van der Waals surface area contributed by atoms with Gasteiger partial charge in [-0.2, -0.15) is 0 Å². The number of nitrogen functional groups attached to an aromatic ring is 1. The second-order valence-electron chi connectivity index (χ2n) is 3.91. The Bertz CT molecular complexity index is 506. The molecule has 0 aliphatic carbocycles. The van der Waals surface area contributed by atoms with Crippen molar-refractivity contribution in [2.24, 2.45) is 0 Å². The van der Waals surface area contributed by atoms with Gasteiger partial charge in [-0.3, -0.25) is 0 Å². The molecule has 2 aromatic rings. The van der Waals surface area contributed by atoms with Gasteiger partial charge in [0.2, 0.25) is 0 Å². The number of hydrogen-bond donors (Lipinski definition) is 2. The summed E-state index contributed by atoms with van der Waals surface area (Å²) >= 11 is 0. The molecule has 3 nitrogen and oxygen atoms in total. The number of pyridine rings is 1. The topological polar surface area (TPSA) is 50.9 Å². The summed E-state index contributed by atoms with van der Waals surface area (Å²) < 4.78 is 0. The maximum Gasteiger partial charge on any atom is 0.125 e. The van der Waals surface area contributed by atoms with E-state index in [-0.39, 0.29) is 0 Å². The number of aryl methyl sites for hydroxylation is 2. The molecule has 1 aromatic carbocycles. The Morgan fingerprint density at radius 1 is 1.12 bits per heavy atom. The van der Waals surface area contributed by atoms with Crippen LogP contribution in [0.25, 0.3) is 0 Å². The molecule has 0 spiro atoms. The Hall–Kier alpha value is -2.03. The molecule has 1 aromatic heterocycles. The first kappa shape index (κ1) is 10.5. The van der Waals surface area contributed by atoms with Crippen molar-refractivity contribution in [3.05, 3.63) is 47.7 Å². The van der Waals surface area contributed by atoms with Crippen molar-refractivity contribution in [1.29, 1.82) is 0 Å². The van der Waals surface area contributed by atoms with Crippen molar-refractivity contribution >= 4 is 17.2 Å². The molecule has 82 valence electrons. The van der Waals surface area contributed by atoms with Gasteiger partial charge in [-0.05, 0) is 31.5 Å². The third kappa shape index (κ3) is 2.31. The van der Waals surface area contributed by atoms with E-state index < -0.39 is 0 Å². The lowest BCUT2D eigenvalue weighted by Gasteiger charge is -2.10. The van der Waals surface area contributed by atoms with Gasteiger partial charge in [0.05, 0.1) is 0 Å². The van der Waals surface area contributed by atoms with Crippen LogP contribution < -0.4 is 11.1 Å². The summed E-state index contributed by atoms with van der Waals surface area (Å²) in [6, 6.07) is 10.0. The Balaban J connectivity index is 2.27. The highest BCUT2D eigenvalue weighted by molar-refractivity contribution is 5.64.